The first-order chi connectivity index (χ1) is 15.9. The van der Waals surface area contributed by atoms with E-state index in [-0.39, 0.29) is 13.2 Å². The fourth-order valence-electron chi connectivity index (χ4n) is 3.60. The van der Waals surface area contributed by atoms with Crippen molar-refractivity contribution in [1.82, 2.24) is 9.13 Å². The van der Waals surface area contributed by atoms with Gasteiger partial charge in [-0.1, -0.05) is 30.3 Å². The van der Waals surface area contributed by atoms with Gasteiger partial charge in [0.2, 0.25) is 0 Å². The summed E-state index contributed by atoms with van der Waals surface area (Å²) in [7, 11) is 0. The maximum Gasteiger partial charge on any atom is 0.337 e. The quantitative estimate of drug-likeness (QED) is 0.387. The van der Waals surface area contributed by atoms with Gasteiger partial charge in [0, 0.05) is 4.88 Å². The highest BCUT2D eigenvalue weighted by Crippen LogP contribution is 2.27. The second-order valence-corrected chi connectivity index (χ2v) is 8.75. The number of carbonyl (C=O) groups is 1. The van der Waals surface area contributed by atoms with E-state index in [1.165, 1.54) is 15.9 Å². The number of aryl methyl sites for hydroxylation is 2. The SMILES string of the molecule is CCOc1ccc(-n2c(=O)c3c(C)c(C)sc3n(CC(=O)OCc3ccccc3)c2=O)cc1. The minimum absolute atomic E-state index is 0.110. The van der Waals surface area contributed by atoms with Gasteiger partial charge in [-0.2, -0.15) is 0 Å². The maximum atomic E-state index is 13.4. The molecule has 4 aromatic rings. The summed E-state index contributed by atoms with van der Waals surface area (Å²) in [4.78, 5) is 40.8. The summed E-state index contributed by atoms with van der Waals surface area (Å²) in [6.45, 7) is 5.95. The summed E-state index contributed by atoms with van der Waals surface area (Å²) >= 11 is 1.32. The second-order valence-electron chi connectivity index (χ2n) is 7.55. The average Bonchev–Trinajstić information content (AvgIpc) is 3.11. The Bertz CT molecular complexity index is 1420. The van der Waals surface area contributed by atoms with Crippen LogP contribution in [0.25, 0.3) is 15.9 Å². The highest BCUT2D eigenvalue weighted by atomic mass is 32.1. The molecule has 2 heterocycles. The molecule has 0 aliphatic carbocycles. The molecule has 4 rings (SSSR count). The molecule has 0 saturated heterocycles. The Morgan fingerprint density at radius 3 is 2.36 bits per heavy atom. The maximum absolute atomic E-state index is 13.4. The number of fused-ring (bicyclic) bond motifs is 1. The third-order valence-electron chi connectivity index (χ3n) is 5.39. The molecule has 0 aliphatic heterocycles. The van der Waals surface area contributed by atoms with E-state index in [1.54, 1.807) is 24.3 Å². The van der Waals surface area contributed by atoms with Crippen LogP contribution in [0.3, 0.4) is 0 Å². The Labute approximate surface area is 194 Å². The van der Waals surface area contributed by atoms with E-state index >= 15 is 0 Å². The minimum atomic E-state index is -0.588. The van der Waals surface area contributed by atoms with E-state index in [4.69, 9.17) is 9.47 Å². The molecule has 170 valence electrons. The van der Waals surface area contributed by atoms with Crippen LogP contribution in [0.4, 0.5) is 0 Å². The lowest BCUT2D eigenvalue weighted by atomic mass is 10.2. The molecule has 33 heavy (non-hydrogen) atoms. The Kier molecular flexibility index (Phi) is 6.46. The molecule has 0 radical (unpaired) electrons. The largest absolute Gasteiger partial charge is 0.494 e. The van der Waals surface area contributed by atoms with Gasteiger partial charge in [0.15, 0.2) is 0 Å². The zero-order valence-corrected chi connectivity index (χ0v) is 19.5. The van der Waals surface area contributed by atoms with Crippen molar-refractivity contribution in [2.75, 3.05) is 6.61 Å². The molecule has 0 unspecified atom stereocenters. The smallest absolute Gasteiger partial charge is 0.337 e. The van der Waals surface area contributed by atoms with Gasteiger partial charge < -0.3 is 9.47 Å². The third-order valence-corrected chi connectivity index (χ3v) is 6.62. The molecule has 0 bridgehead atoms. The van der Waals surface area contributed by atoms with Crippen molar-refractivity contribution >= 4 is 27.5 Å². The molecule has 8 heteroatoms. The van der Waals surface area contributed by atoms with Gasteiger partial charge in [0.1, 0.15) is 23.7 Å². The van der Waals surface area contributed by atoms with Crippen molar-refractivity contribution in [3.8, 4) is 11.4 Å². The summed E-state index contributed by atoms with van der Waals surface area (Å²) in [5, 5.41) is 0.432. The van der Waals surface area contributed by atoms with Gasteiger partial charge >= 0.3 is 11.7 Å². The van der Waals surface area contributed by atoms with Gasteiger partial charge in [-0.05, 0) is 56.2 Å². The van der Waals surface area contributed by atoms with Crippen LogP contribution in [-0.2, 0) is 22.7 Å². The third kappa shape index (κ3) is 4.47. The van der Waals surface area contributed by atoms with Crippen molar-refractivity contribution in [2.24, 2.45) is 0 Å². The number of esters is 1. The summed E-state index contributed by atoms with van der Waals surface area (Å²) < 4.78 is 13.3. The fraction of sp³-hybridized carbons (Fsp3) is 0.240. The lowest BCUT2D eigenvalue weighted by Gasteiger charge is -2.13. The first-order valence-corrected chi connectivity index (χ1v) is 11.4. The summed E-state index contributed by atoms with van der Waals surface area (Å²) in [5.74, 6) is 0.0885. The average molecular weight is 465 g/mol. The van der Waals surface area contributed by atoms with Gasteiger partial charge in [-0.25, -0.2) is 9.36 Å². The zero-order chi connectivity index (χ0) is 23.5. The van der Waals surface area contributed by atoms with Crippen LogP contribution in [0.1, 0.15) is 22.9 Å². The first-order valence-electron chi connectivity index (χ1n) is 10.6. The highest BCUT2D eigenvalue weighted by Gasteiger charge is 2.21. The number of ether oxygens (including phenoxy) is 2. The van der Waals surface area contributed by atoms with E-state index in [2.05, 4.69) is 0 Å². The Hall–Kier alpha value is -3.65. The topological polar surface area (TPSA) is 79.5 Å². The van der Waals surface area contributed by atoms with Crippen LogP contribution in [0.5, 0.6) is 5.75 Å². The van der Waals surface area contributed by atoms with Gasteiger partial charge in [0.05, 0.1) is 17.7 Å². The molecular weight excluding hydrogens is 440 g/mol. The highest BCUT2D eigenvalue weighted by molar-refractivity contribution is 7.18. The molecule has 2 aromatic carbocycles. The Balaban J connectivity index is 1.77. The van der Waals surface area contributed by atoms with E-state index < -0.39 is 17.2 Å². The molecule has 0 amide bonds. The fourth-order valence-corrected chi connectivity index (χ4v) is 4.74. The number of hydrogen-bond acceptors (Lipinski definition) is 6. The van der Waals surface area contributed by atoms with Crippen LogP contribution in [0.15, 0.2) is 64.2 Å². The van der Waals surface area contributed by atoms with Crippen molar-refractivity contribution in [3.05, 3.63) is 91.4 Å². The monoisotopic (exact) mass is 464 g/mol. The van der Waals surface area contributed by atoms with Crippen LogP contribution >= 0.6 is 11.3 Å². The number of rotatable bonds is 7. The Morgan fingerprint density at radius 2 is 1.70 bits per heavy atom. The number of nitrogens with zero attached hydrogens (tertiary/aromatic N) is 2. The number of thiophene rings is 1. The number of hydrogen-bond donors (Lipinski definition) is 0. The van der Waals surface area contributed by atoms with Crippen molar-refractivity contribution in [2.45, 2.75) is 33.9 Å². The molecule has 0 N–H and O–H groups in total. The van der Waals surface area contributed by atoms with Gasteiger partial charge in [0.25, 0.3) is 5.56 Å². The summed E-state index contributed by atoms with van der Waals surface area (Å²) in [6, 6.07) is 16.1. The van der Waals surface area contributed by atoms with E-state index in [0.717, 1.165) is 20.6 Å². The molecule has 0 atom stereocenters. The Morgan fingerprint density at radius 1 is 1.00 bits per heavy atom. The van der Waals surface area contributed by atoms with E-state index in [9.17, 15) is 14.4 Å². The van der Waals surface area contributed by atoms with Crippen molar-refractivity contribution < 1.29 is 14.3 Å². The number of carbonyl (C=O) groups excluding carboxylic acids is 1. The minimum Gasteiger partial charge on any atom is -0.494 e. The summed E-state index contributed by atoms with van der Waals surface area (Å²) in [5.41, 5.74) is 1.06. The van der Waals surface area contributed by atoms with Crippen LogP contribution in [-0.4, -0.2) is 21.7 Å². The van der Waals surface area contributed by atoms with Crippen molar-refractivity contribution in [3.63, 3.8) is 0 Å². The molecule has 2 aromatic heterocycles. The lowest BCUT2D eigenvalue weighted by Crippen LogP contribution is -2.40. The lowest BCUT2D eigenvalue weighted by molar-refractivity contribution is -0.145. The number of benzene rings is 2. The summed E-state index contributed by atoms with van der Waals surface area (Å²) in [6.07, 6.45) is 0. The molecule has 0 saturated carbocycles. The molecular formula is C25H24N2O5S. The predicted octanol–water partition coefficient (Wildman–Crippen LogP) is 3.97. The zero-order valence-electron chi connectivity index (χ0n) is 18.7. The molecule has 0 spiro atoms. The van der Waals surface area contributed by atoms with Crippen LogP contribution in [0.2, 0.25) is 0 Å². The second kappa shape index (κ2) is 9.46. The van der Waals surface area contributed by atoms with Crippen molar-refractivity contribution in [1.29, 1.82) is 0 Å². The molecule has 7 nitrogen and oxygen atoms in total. The van der Waals surface area contributed by atoms with E-state index in [0.29, 0.717) is 28.3 Å². The van der Waals surface area contributed by atoms with Crippen LogP contribution in [0, 0.1) is 13.8 Å². The van der Waals surface area contributed by atoms with Gasteiger partial charge in [-0.15, -0.1) is 11.3 Å². The molecule has 0 aliphatic rings. The van der Waals surface area contributed by atoms with Crippen LogP contribution < -0.4 is 16.0 Å². The first kappa shape index (κ1) is 22.5. The number of aromatic nitrogens is 2. The molecule has 0 fully saturated rings. The predicted molar refractivity (Wildman–Crippen MR) is 129 cm³/mol. The van der Waals surface area contributed by atoms with Gasteiger partial charge in [-0.3, -0.25) is 14.2 Å². The normalized spacial score (nSPS) is 11.0. The standard InChI is InChI=1S/C25H24N2O5S/c1-4-31-20-12-10-19(11-13-20)27-23(29)22-16(2)17(3)33-24(22)26(25(27)30)14-21(28)32-15-18-8-6-5-7-9-18/h5-13H,4,14-15H2,1-3H3. The van der Waals surface area contributed by atoms with E-state index in [1.807, 2.05) is 51.1 Å².